The average Bonchev–Trinajstić information content (AvgIpc) is 2.60. The van der Waals surface area contributed by atoms with Crippen molar-refractivity contribution in [1.29, 1.82) is 0 Å². The summed E-state index contributed by atoms with van der Waals surface area (Å²) in [6.07, 6.45) is 4.78. The highest BCUT2D eigenvalue weighted by molar-refractivity contribution is 5.70. The third kappa shape index (κ3) is 3.45. The molecular formula is C20H21NO2. The van der Waals surface area contributed by atoms with Crippen LogP contribution in [0.4, 0.5) is 4.79 Å². The second-order valence-electron chi connectivity index (χ2n) is 5.56. The topological polar surface area (TPSA) is 29.5 Å². The molecule has 3 nitrogen and oxygen atoms in total. The van der Waals surface area contributed by atoms with Crippen LogP contribution in [-0.4, -0.2) is 24.1 Å². The van der Waals surface area contributed by atoms with Crippen molar-refractivity contribution in [3.8, 4) is 0 Å². The number of amides is 1. The van der Waals surface area contributed by atoms with Crippen LogP contribution in [0.15, 0.2) is 60.7 Å². The molecule has 0 aliphatic carbocycles. The van der Waals surface area contributed by atoms with Gasteiger partial charge in [0.15, 0.2) is 0 Å². The molecule has 3 heteroatoms. The van der Waals surface area contributed by atoms with Crippen molar-refractivity contribution >= 4 is 12.2 Å². The van der Waals surface area contributed by atoms with Crippen LogP contribution in [0.25, 0.3) is 6.08 Å². The lowest BCUT2D eigenvalue weighted by Crippen LogP contribution is -2.39. The predicted molar refractivity (Wildman–Crippen MR) is 92.1 cm³/mol. The Labute approximate surface area is 137 Å². The van der Waals surface area contributed by atoms with Gasteiger partial charge in [-0.15, -0.1) is 0 Å². The summed E-state index contributed by atoms with van der Waals surface area (Å²) in [4.78, 5) is 14.1. The van der Waals surface area contributed by atoms with Gasteiger partial charge < -0.3 is 4.74 Å². The molecule has 23 heavy (non-hydrogen) atoms. The van der Waals surface area contributed by atoms with Gasteiger partial charge in [-0.2, -0.15) is 0 Å². The van der Waals surface area contributed by atoms with Gasteiger partial charge in [-0.25, -0.2) is 4.79 Å². The van der Waals surface area contributed by atoms with Gasteiger partial charge in [0.2, 0.25) is 0 Å². The second-order valence-corrected chi connectivity index (χ2v) is 5.56. The largest absolute Gasteiger partial charge is 0.450 e. The van der Waals surface area contributed by atoms with Gasteiger partial charge in [-0.05, 0) is 30.0 Å². The number of hydrogen-bond donors (Lipinski definition) is 0. The lowest BCUT2D eigenvalue weighted by molar-refractivity contribution is 0.0951. The van der Waals surface area contributed by atoms with Crippen molar-refractivity contribution in [1.82, 2.24) is 4.90 Å². The SMILES string of the molecule is CCOC(=O)N1CCc2ccccc2C1/C=C/c1ccccc1. The molecule has 2 aromatic rings. The van der Waals surface area contributed by atoms with Crippen molar-refractivity contribution in [3.63, 3.8) is 0 Å². The van der Waals surface area contributed by atoms with Crippen molar-refractivity contribution in [3.05, 3.63) is 77.4 Å². The smallest absolute Gasteiger partial charge is 0.410 e. The summed E-state index contributed by atoms with van der Waals surface area (Å²) in [5.74, 6) is 0. The van der Waals surface area contributed by atoms with Gasteiger partial charge in [0.25, 0.3) is 0 Å². The minimum Gasteiger partial charge on any atom is -0.450 e. The van der Waals surface area contributed by atoms with Gasteiger partial charge in [-0.1, -0.05) is 66.7 Å². The van der Waals surface area contributed by atoms with Crippen LogP contribution in [0.2, 0.25) is 0 Å². The number of hydrogen-bond acceptors (Lipinski definition) is 2. The first-order chi connectivity index (χ1) is 11.3. The molecule has 0 N–H and O–H groups in total. The van der Waals surface area contributed by atoms with E-state index in [-0.39, 0.29) is 12.1 Å². The average molecular weight is 307 g/mol. The lowest BCUT2D eigenvalue weighted by Gasteiger charge is -2.34. The van der Waals surface area contributed by atoms with Crippen molar-refractivity contribution in [2.75, 3.05) is 13.2 Å². The van der Waals surface area contributed by atoms with Gasteiger partial charge >= 0.3 is 6.09 Å². The van der Waals surface area contributed by atoms with E-state index in [9.17, 15) is 4.79 Å². The summed E-state index contributed by atoms with van der Waals surface area (Å²) in [7, 11) is 0. The molecule has 0 spiro atoms. The molecule has 0 saturated carbocycles. The molecule has 0 aromatic heterocycles. The van der Waals surface area contributed by atoms with Gasteiger partial charge in [0.05, 0.1) is 12.6 Å². The number of benzene rings is 2. The molecule has 0 radical (unpaired) electrons. The van der Waals surface area contributed by atoms with Crippen LogP contribution >= 0.6 is 0 Å². The summed E-state index contributed by atoms with van der Waals surface area (Å²) in [5.41, 5.74) is 3.61. The lowest BCUT2D eigenvalue weighted by atomic mass is 9.92. The molecular weight excluding hydrogens is 286 g/mol. The van der Waals surface area contributed by atoms with Crippen LogP contribution in [0.1, 0.15) is 29.7 Å². The molecule has 1 aliphatic heterocycles. The quantitative estimate of drug-likeness (QED) is 0.838. The van der Waals surface area contributed by atoms with Crippen LogP contribution in [0.3, 0.4) is 0 Å². The fraction of sp³-hybridized carbons (Fsp3) is 0.250. The third-order valence-corrected chi connectivity index (χ3v) is 4.10. The van der Waals surface area contributed by atoms with Gasteiger partial charge in [0, 0.05) is 6.54 Å². The minimum absolute atomic E-state index is 0.0841. The highest BCUT2D eigenvalue weighted by atomic mass is 16.6. The van der Waals surface area contributed by atoms with Crippen LogP contribution in [0.5, 0.6) is 0 Å². The summed E-state index contributed by atoms with van der Waals surface area (Å²) in [6, 6.07) is 18.4. The van der Waals surface area contributed by atoms with E-state index in [0.717, 1.165) is 12.0 Å². The Kier molecular flexibility index (Phi) is 4.77. The Bertz CT molecular complexity index is 694. The Morgan fingerprint density at radius 2 is 1.91 bits per heavy atom. The number of ether oxygens (including phenoxy) is 1. The van der Waals surface area contributed by atoms with Gasteiger partial charge in [-0.3, -0.25) is 4.90 Å². The number of carbonyl (C=O) groups is 1. The van der Waals surface area contributed by atoms with E-state index in [2.05, 4.69) is 42.5 Å². The molecule has 1 unspecified atom stereocenters. The maximum Gasteiger partial charge on any atom is 0.410 e. The zero-order chi connectivity index (χ0) is 16.1. The molecule has 3 rings (SSSR count). The highest BCUT2D eigenvalue weighted by Crippen LogP contribution is 2.31. The fourth-order valence-corrected chi connectivity index (χ4v) is 2.98. The number of rotatable bonds is 3. The number of carbonyl (C=O) groups excluding carboxylic acids is 1. The van der Waals surface area contributed by atoms with Crippen LogP contribution < -0.4 is 0 Å². The summed E-state index contributed by atoms with van der Waals surface area (Å²) < 4.78 is 5.23. The zero-order valence-corrected chi connectivity index (χ0v) is 13.3. The molecule has 0 bridgehead atoms. The first-order valence-electron chi connectivity index (χ1n) is 8.04. The molecule has 2 aromatic carbocycles. The molecule has 0 fully saturated rings. The van der Waals surface area contributed by atoms with Crippen molar-refractivity contribution in [2.24, 2.45) is 0 Å². The molecule has 0 saturated heterocycles. The monoisotopic (exact) mass is 307 g/mol. The number of fused-ring (bicyclic) bond motifs is 1. The van der Waals surface area contributed by atoms with Crippen LogP contribution in [0, 0.1) is 0 Å². The van der Waals surface area contributed by atoms with E-state index >= 15 is 0 Å². The highest BCUT2D eigenvalue weighted by Gasteiger charge is 2.29. The van der Waals surface area contributed by atoms with Crippen molar-refractivity contribution < 1.29 is 9.53 Å². The Morgan fingerprint density at radius 1 is 1.17 bits per heavy atom. The van der Waals surface area contributed by atoms with E-state index < -0.39 is 0 Å². The third-order valence-electron chi connectivity index (χ3n) is 4.10. The van der Waals surface area contributed by atoms with E-state index in [1.807, 2.05) is 36.1 Å². The maximum absolute atomic E-state index is 12.3. The summed E-state index contributed by atoms with van der Waals surface area (Å²) in [5, 5.41) is 0. The Morgan fingerprint density at radius 3 is 2.70 bits per heavy atom. The molecule has 1 heterocycles. The predicted octanol–water partition coefficient (Wildman–Crippen LogP) is 4.46. The Balaban J connectivity index is 1.93. The first kappa shape index (κ1) is 15.3. The second kappa shape index (κ2) is 7.14. The molecule has 118 valence electrons. The first-order valence-corrected chi connectivity index (χ1v) is 8.04. The normalized spacial score (nSPS) is 17.1. The minimum atomic E-state index is -0.246. The van der Waals surface area contributed by atoms with E-state index in [0.29, 0.717) is 13.2 Å². The molecule has 1 amide bonds. The Hall–Kier alpha value is -2.55. The van der Waals surface area contributed by atoms with E-state index in [1.54, 1.807) is 0 Å². The summed E-state index contributed by atoms with van der Waals surface area (Å²) in [6.45, 7) is 2.91. The summed E-state index contributed by atoms with van der Waals surface area (Å²) >= 11 is 0. The van der Waals surface area contributed by atoms with Crippen LogP contribution in [-0.2, 0) is 11.2 Å². The fourth-order valence-electron chi connectivity index (χ4n) is 2.98. The van der Waals surface area contributed by atoms with E-state index in [4.69, 9.17) is 4.74 Å². The standard InChI is InChI=1S/C20H21NO2/c1-2-23-20(22)21-15-14-17-10-6-7-11-18(17)19(21)13-12-16-8-4-3-5-9-16/h3-13,19H,2,14-15H2,1H3/b13-12+. The van der Waals surface area contributed by atoms with Crippen molar-refractivity contribution in [2.45, 2.75) is 19.4 Å². The molecule has 1 atom stereocenters. The maximum atomic E-state index is 12.3. The number of nitrogens with zero attached hydrogens (tertiary/aromatic N) is 1. The zero-order valence-electron chi connectivity index (χ0n) is 13.3. The molecule has 1 aliphatic rings. The van der Waals surface area contributed by atoms with E-state index in [1.165, 1.54) is 11.1 Å². The van der Waals surface area contributed by atoms with Gasteiger partial charge in [0.1, 0.15) is 0 Å².